The fourth-order valence-corrected chi connectivity index (χ4v) is 12.7. The Balaban J connectivity index is 0.961. The van der Waals surface area contributed by atoms with Gasteiger partial charge in [-0.2, -0.15) is 0 Å². The highest BCUT2D eigenvalue weighted by molar-refractivity contribution is 6.02. The van der Waals surface area contributed by atoms with Gasteiger partial charge >= 0.3 is 0 Å². The standard InChI is InChI=1S/C68H45N/c1-4-21-47(22-5-1)52-27-14-19-37-64(52)69(65-38-20-36-63-66(65)56-31-13-18-35-61(56)68(63)59-33-16-10-28-53(59)54-29-11-17-34-60(54)68)51-42-39-46(40-43-51)48-41-44-62-57(45-48)55-30-12-15-32-58(55)67(62,49-23-6-2-7-24-49)50-25-8-3-9-26-50/h1-45H. The van der Waals surface area contributed by atoms with E-state index in [9.17, 15) is 0 Å². The van der Waals surface area contributed by atoms with Crippen LogP contribution in [-0.2, 0) is 10.8 Å². The van der Waals surface area contributed by atoms with Gasteiger partial charge in [0.15, 0.2) is 0 Å². The molecule has 14 rings (SSSR count). The van der Waals surface area contributed by atoms with Crippen LogP contribution in [0.25, 0.3) is 55.6 Å². The summed E-state index contributed by atoms with van der Waals surface area (Å²) in [5.74, 6) is 0. The van der Waals surface area contributed by atoms with Gasteiger partial charge in [0.2, 0.25) is 0 Å². The van der Waals surface area contributed by atoms with E-state index in [1.807, 2.05) is 0 Å². The lowest BCUT2D eigenvalue weighted by Gasteiger charge is -2.33. The van der Waals surface area contributed by atoms with E-state index in [4.69, 9.17) is 0 Å². The van der Waals surface area contributed by atoms with Crippen LogP contribution >= 0.6 is 0 Å². The van der Waals surface area contributed by atoms with Gasteiger partial charge in [0.25, 0.3) is 0 Å². The number of nitrogens with zero attached hydrogens (tertiary/aromatic N) is 1. The lowest BCUT2D eigenvalue weighted by Crippen LogP contribution is -2.28. The maximum atomic E-state index is 2.51. The summed E-state index contributed by atoms with van der Waals surface area (Å²) in [5.41, 5.74) is 25.5. The van der Waals surface area contributed by atoms with E-state index in [2.05, 4.69) is 278 Å². The highest BCUT2D eigenvalue weighted by Crippen LogP contribution is 2.65. The minimum atomic E-state index is -0.450. The molecule has 1 heteroatoms. The van der Waals surface area contributed by atoms with Gasteiger partial charge in [-0.3, -0.25) is 0 Å². The Hall–Kier alpha value is -8.78. The molecule has 322 valence electrons. The van der Waals surface area contributed by atoms with Gasteiger partial charge in [0.1, 0.15) is 0 Å². The van der Waals surface area contributed by atoms with Gasteiger partial charge in [-0.15, -0.1) is 0 Å². The van der Waals surface area contributed by atoms with Crippen LogP contribution in [0.3, 0.4) is 0 Å². The maximum Gasteiger partial charge on any atom is 0.0726 e. The third-order valence-corrected chi connectivity index (χ3v) is 15.4. The molecule has 0 aliphatic heterocycles. The van der Waals surface area contributed by atoms with Crippen molar-refractivity contribution in [2.45, 2.75) is 10.8 Å². The van der Waals surface area contributed by atoms with E-state index < -0.39 is 10.8 Å². The van der Waals surface area contributed by atoms with Crippen LogP contribution in [0, 0.1) is 0 Å². The lowest BCUT2D eigenvalue weighted by molar-refractivity contribution is 0.768. The fraction of sp³-hybridized carbons (Fsp3) is 0.0294. The molecule has 0 saturated heterocycles. The van der Waals surface area contributed by atoms with Crippen molar-refractivity contribution in [3.8, 4) is 55.6 Å². The molecular weight excluding hydrogens is 831 g/mol. The maximum absolute atomic E-state index is 2.51. The molecule has 0 heterocycles. The van der Waals surface area contributed by atoms with Gasteiger partial charge < -0.3 is 4.90 Å². The topological polar surface area (TPSA) is 3.24 Å². The molecule has 0 atom stereocenters. The monoisotopic (exact) mass is 875 g/mol. The van der Waals surface area contributed by atoms with Crippen molar-refractivity contribution >= 4 is 17.1 Å². The molecule has 0 aromatic heterocycles. The number of hydrogen-bond donors (Lipinski definition) is 0. The second-order valence-corrected chi connectivity index (χ2v) is 18.6. The van der Waals surface area contributed by atoms with Gasteiger partial charge in [-0.25, -0.2) is 0 Å². The van der Waals surface area contributed by atoms with Crippen LogP contribution in [0.5, 0.6) is 0 Å². The number of para-hydroxylation sites is 1. The third kappa shape index (κ3) is 5.53. The zero-order chi connectivity index (χ0) is 45.5. The molecule has 11 aromatic rings. The molecule has 0 N–H and O–H groups in total. The zero-order valence-corrected chi connectivity index (χ0v) is 37.9. The average Bonchev–Trinajstić information content (AvgIpc) is 4.03. The largest absolute Gasteiger partial charge is 0.309 e. The molecule has 0 radical (unpaired) electrons. The summed E-state index contributed by atoms with van der Waals surface area (Å²) in [6.07, 6.45) is 0. The number of fused-ring (bicyclic) bond motifs is 13. The van der Waals surface area contributed by atoms with Crippen LogP contribution in [0.1, 0.15) is 44.5 Å². The summed E-state index contributed by atoms with van der Waals surface area (Å²) in [7, 11) is 0. The Labute approximate surface area is 403 Å². The first-order chi connectivity index (χ1) is 34.3. The van der Waals surface area contributed by atoms with Crippen molar-refractivity contribution in [1.82, 2.24) is 0 Å². The van der Waals surface area contributed by atoms with E-state index in [0.29, 0.717) is 0 Å². The van der Waals surface area contributed by atoms with Crippen LogP contribution in [0.15, 0.2) is 273 Å². The average molecular weight is 876 g/mol. The van der Waals surface area contributed by atoms with Crippen molar-refractivity contribution in [2.24, 2.45) is 0 Å². The Kier molecular flexibility index (Phi) is 8.78. The first kappa shape index (κ1) is 39.4. The zero-order valence-electron chi connectivity index (χ0n) is 37.9. The highest BCUT2D eigenvalue weighted by atomic mass is 15.1. The van der Waals surface area contributed by atoms with E-state index in [0.717, 1.165) is 17.1 Å². The predicted molar refractivity (Wildman–Crippen MR) is 286 cm³/mol. The second kappa shape index (κ2) is 15.4. The van der Waals surface area contributed by atoms with Gasteiger partial charge in [-0.1, -0.05) is 243 Å². The molecule has 0 fully saturated rings. The summed E-state index contributed by atoms with van der Waals surface area (Å²) in [5, 5.41) is 0. The van der Waals surface area contributed by atoms with Crippen molar-refractivity contribution < 1.29 is 0 Å². The normalized spacial score (nSPS) is 13.7. The molecule has 1 nitrogen and oxygen atoms in total. The van der Waals surface area contributed by atoms with Gasteiger partial charge in [-0.05, 0) is 119 Å². The van der Waals surface area contributed by atoms with Crippen LogP contribution in [0.2, 0.25) is 0 Å². The highest BCUT2D eigenvalue weighted by Gasteiger charge is 2.52. The van der Waals surface area contributed by atoms with Crippen molar-refractivity contribution in [3.63, 3.8) is 0 Å². The van der Waals surface area contributed by atoms with Crippen molar-refractivity contribution in [1.29, 1.82) is 0 Å². The number of hydrogen-bond acceptors (Lipinski definition) is 1. The number of rotatable bonds is 7. The summed E-state index contributed by atoms with van der Waals surface area (Å²) >= 11 is 0. The summed E-state index contributed by atoms with van der Waals surface area (Å²) in [6, 6.07) is 102. The van der Waals surface area contributed by atoms with E-state index in [-0.39, 0.29) is 0 Å². The van der Waals surface area contributed by atoms with E-state index in [1.54, 1.807) is 0 Å². The molecule has 11 aromatic carbocycles. The van der Waals surface area contributed by atoms with Crippen LogP contribution < -0.4 is 4.90 Å². The number of benzene rings is 11. The lowest BCUT2D eigenvalue weighted by atomic mass is 9.67. The summed E-state index contributed by atoms with van der Waals surface area (Å²) < 4.78 is 0. The van der Waals surface area contributed by atoms with Gasteiger partial charge in [0, 0.05) is 16.8 Å². The second-order valence-electron chi connectivity index (χ2n) is 18.6. The van der Waals surface area contributed by atoms with Crippen molar-refractivity contribution in [3.05, 3.63) is 317 Å². The third-order valence-electron chi connectivity index (χ3n) is 15.4. The molecule has 0 unspecified atom stereocenters. The van der Waals surface area contributed by atoms with E-state index in [1.165, 1.54) is 100 Å². The SMILES string of the molecule is c1ccc(-c2ccccc2N(c2ccc(-c3ccc4c(c3)-c3ccccc3C4(c3ccccc3)c3ccccc3)cc2)c2cccc3c2-c2ccccc2C32c3ccccc3-c3ccccc32)cc1. The smallest absolute Gasteiger partial charge is 0.0726 e. The molecule has 1 spiro atoms. The first-order valence-corrected chi connectivity index (χ1v) is 24.1. The summed E-state index contributed by atoms with van der Waals surface area (Å²) in [6.45, 7) is 0. The Morgan fingerprint density at radius 3 is 1.26 bits per heavy atom. The first-order valence-electron chi connectivity index (χ1n) is 24.1. The Morgan fingerprint density at radius 1 is 0.232 bits per heavy atom. The number of anilines is 3. The molecule has 3 aliphatic rings. The minimum absolute atomic E-state index is 0.431. The van der Waals surface area contributed by atoms with Crippen molar-refractivity contribution in [2.75, 3.05) is 4.90 Å². The molecular formula is C68H45N. The molecule has 0 amide bonds. The quantitative estimate of drug-likeness (QED) is 0.154. The summed E-state index contributed by atoms with van der Waals surface area (Å²) in [4.78, 5) is 2.51. The van der Waals surface area contributed by atoms with Gasteiger partial charge in [0.05, 0.1) is 22.2 Å². The molecule has 69 heavy (non-hydrogen) atoms. The Morgan fingerprint density at radius 2 is 0.652 bits per heavy atom. The van der Waals surface area contributed by atoms with E-state index >= 15 is 0 Å². The molecule has 0 bridgehead atoms. The minimum Gasteiger partial charge on any atom is -0.309 e. The van der Waals surface area contributed by atoms with Crippen LogP contribution in [0.4, 0.5) is 17.1 Å². The Bertz CT molecular complexity index is 3690. The fourth-order valence-electron chi connectivity index (χ4n) is 12.7. The molecule has 3 aliphatic carbocycles. The predicted octanol–water partition coefficient (Wildman–Crippen LogP) is 17.2. The molecule has 0 saturated carbocycles. The van der Waals surface area contributed by atoms with Crippen LogP contribution in [-0.4, -0.2) is 0 Å².